The summed E-state index contributed by atoms with van der Waals surface area (Å²) in [5.41, 5.74) is 6.56. The Morgan fingerprint density at radius 1 is 1.19 bits per heavy atom. The number of aromatic nitrogens is 2. The first kappa shape index (κ1) is 26.4. The number of hydrogen-bond donors (Lipinski definition) is 6. The molecular formula is C19H32N6O5S. The summed E-state index contributed by atoms with van der Waals surface area (Å²) in [4.78, 5) is 55.4. The lowest BCUT2D eigenvalue weighted by molar-refractivity contribution is -0.138. The van der Waals surface area contributed by atoms with Crippen LogP contribution in [0.2, 0.25) is 0 Å². The van der Waals surface area contributed by atoms with Crippen LogP contribution in [0.3, 0.4) is 0 Å². The average molecular weight is 457 g/mol. The molecule has 11 nitrogen and oxygen atoms in total. The number of amides is 3. The fraction of sp³-hybridized carbons (Fsp3) is 0.632. The number of nitrogens with one attached hydrogen (secondary N) is 4. The van der Waals surface area contributed by atoms with E-state index in [9.17, 15) is 19.2 Å². The predicted molar refractivity (Wildman–Crippen MR) is 117 cm³/mol. The van der Waals surface area contributed by atoms with Gasteiger partial charge < -0.3 is 31.8 Å². The maximum Gasteiger partial charge on any atom is 0.322 e. The van der Waals surface area contributed by atoms with Crippen LogP contribution in [0.5, 0.6) is 0 Å². The molecule has 4 unspecified atom stereocenters. The van der Waals surface area contributed by atoms with Crippen LogP contribution < -0.4 is 21.7 Å². The van der Waals surface area contributed by atoms with E-state index in [1.165, 1.54) is 24.3 Å². The second-order valence-corrected chi connectivity index (χ2v) is 8.19. The van der Waals surface area contributed by atoms with Gasteiger partial charge in [0.05, 0.1) is 12.4 Å². The van der Waals surface area contributed by atoms with Crippen molar-refractivity contribution in [2.24, 2.45) is 11.7 Å². The quantitative estimate of drug-likeness (QED) is 0.211. The Kier molecular flexibility index (Phi) is 11.6. The summed E-state index contributed by atoms with van der Waals surface area (Å²) < 4.78 is 0. The third-order valence-electron chi connectivity index (χ3n) is 4.83. The van der Waals surface area contributed by atoms with E-state index in [0.29, 0.717) is 24.3 Å². The van der Waals surface area contributed by atoms with Crippen LogP contribution in [-0.4, -0.2) is 75.4 Å². The molecule has 0 aliphatic heterocycles. The normalized spacial score (nSPS) is 14.7. The molecular weight excluding hydrogens is 424 g/mol. The molecule has 31 heavy (non-hydrogen) atoms. The number of imidazole rings is 1. The van der Waals surface area contributed by atoms with Crippen molar-refractivity contribution in [3.63, 3.8) is 0 Å². The van der Waals surface area contributed by atoms with Gasteiger partial charge in [0.1, 0.15) is 18.6 Å². The van der Waals surface area contributed by atoms with Crippen molar-refractivity contribution in [2.45, 2.75) is 51.2 Å². The first-order valence-electron chi connectivity index (χ1n) is 10.0. The van der Waals surface area contributed by atoms with Crippen molar-refractivity contribution in [2.75, 3.05) is 18.6 Å². The number of carbonyl (C=O) groups excluding carboxylic acids is 3. The predicted octanol–water partition coefficient (Wildman–Crippen LogP) is -0.751. The smallest absolute Gasteiger partial charge is 0.322 e. The molecule has 0 aromatic carbocycles. The van der Waals surface area contributed by atoms with E-state index in [2.05, 4.69) is 25.9 Å². The molecule has 0 radical (unpaired) electrons. The molecule has 1 heterocycles. The highest BCUT2D eigenvalue weighted by atomic mass is 32.2. The van der Waals surface area contributed by atoms with Crippen LogP contribution in [0, 0.1) is 5.92 Å². The summed E-state index contributed by atoms with van der Waals surface area (Å²) in [7, 11) is 0. The topological polar surface area (TPSA) is 179 Å². The van der Waals surface area contributed by atoms with E-state index in [-0.39, 0.29) is 12.3 Å². The van der Waals surface area contributed by atoms with Gasteiger partial charge in [-0.3, -0.25) is 19.2 Å². The van der Waals surface area contributed by atoms with Crippen molar-refractivity contribution < 1.29 is 24.3 Å². The third kappa shape index (κ3) is 9.39. The minimum absolute atomic E-state index is 0.0563. The largest absolute Gasteiger partial charge is 0.480 e. The lowest BCUT2D eigenvalue weighted by atomic mass is 9.99. The van der Waals surface area contributed by atoms with E-state index in [1.54, 1.807) is 0 Å². The Balaban J connectivity index is 2.92. The highest BCUT2D eigenvalue weighted by Gasteiger charge is 2.29. The van der Waals surface area contributed by atoms with Crippen LogP contribution in [0.25, 0.3) is 0 Å². The Morgan fingerprint density at radius 3 is 2.42 bits per heavy atom. The van der Waals surface area contributed by atoms with Gasteiger partial charge >= 0.3 is 5.97 Å². The van der Waals surface area contributed by atoms with Crippen molar-refractivity contribution in [3.05, 3.63) is 18.2 Å². The molecule has 174 valence electrons. The molecule has 0 saturated carbocycles. The molecule has 7 N–H and O–H groups in total. The van der Waals surface area contributed by atoms with Gasteiger partial charge in [0.15, 0.2) is 0 Å². The Labute approximate surface area is 185 Å². The van der Waals surface area contributed by atoms with E-state index in [4.69, 9.17) is 10.8 Å². The van der Waals surface area contributed by atoms with Gasteiger partial charge in [-0.25, -0.2) is 4.98 Å². The Morgan fingerprint density at radius 2 is 1.87 bits per heavy atom. The van der Waals surface area contributed by atoms with Crippen molar-refractivity contribution >= 4 is 35.5 Å². The van der Waals surface area contributed by atoms with Gasteiger partial charge in [0, 0.05) is 18.3 Å². The Bertz CT molecular complexity index is 729. The number of carboxylic acid groups (broad SMARTS) is 1. The first-order valence-corrected chi connectivity index (χ1v) is 11.4. The molecule has 4 atom stereocenters. The number of carboxylic acids is 1. The van der Waals surface area contributed by atoms with Gasteiger partial charge in [-0.1, -0.05) is 20.3 Å². The minimum atomic E-state index is -1.20. The number of nitrogens with two attached hydrogens (primary N) is 1. The van der Waals surface area contributed by atoms with Gasteiger partial charge in [-0.05, 0) is 24.3 Å². The van der Waals surface area contributed by atoms with E-state index in [0.717, 1.165) is 0 Å². The van der Waals surface area contributed by atoms with Gasteiger partial charge in [0.25, 0.3) is 0 Å². The average Bonchev–Trinajstić information content (AvgIpc) is 3.25. The maximum absolute atomic E-state index is 12.9. The molecule has 0 saturated heterocycles. The lowest BCUT2D eigenvalue weighted by Gasteiger charge is -2.25. The van der Waals surface area contributed by atoms with Crippen LogP contribution in [0.4, 0.5) is 0 Å². The van der Waals surface area contributed by atoms with Crippen molar-refractivity contribution in [1.29, 1.82) is 0 Å². The third-order valence-corrected chi connectivity index (χ3v) is 5.47. The highest BCUT2D eigenvalue weighted by Crippen LogP contribution is 2.08. The summed E-state index contributed by atoms with van der Waals surface area (Å²) in [5.74, 6) is -2.29. The highest BCUT2D eigenvalue weighted by molar-refractivity contribution is 7.98. The van der Waals surface area contributed by atoms with Gasteiger partial charge in [-0.2, -0.15) is 11.8 Å². The van der Waals surface area contributed by atoms with Crippen LogP contribution in [0.15, 0.2) is 12.5 Å². The molecule has 0 spiro atoms. The van der Waals surface area contributed by atoms with Gasteiger partial charge in [-0.15, -0.1) is 0 Å². The van der Waals surface area contributed by atoms with Gasteiger partial charge in [0.2, 0.25) is 17.7 Å². The van der Waals surface area contributed by atoms with Crippen LogP contribution >= 0.6 is 11.8 Å². The fourth-order valence-electron chi connectivity index (χ4n) is 2.67. The molecule has 1 rings (SSSR count). The zero-order valence-corrected chi connectivity index (χ0v) is 18.8. The number of rotatable bonds is 14. The number of thioether (sulfide) groups is 1. The number of hydrogen-bond acceptors (Lipinski definition) is 7. The molecule has 3 amide bonds. The number of nitrogens with zero attached hydrogens (tertiary/aromatic N) is 1. The van der Waals surface area contributed by atoms with E-state index < -0.39 is 48.4 Å². The number of aromatic amines is 1. The summed E-state index contributed by atoms with van der Waals surface area (Å²) >= 11 is 1.51. The molecule has 0 aliphatic rings. The fourth-order valence-corrected chi connectivity index (χ4v) is 3.14. The SMILES string of the molecule is CCC(C)C(N)C(=O)NC(CCSC)C(=O)NC(Cc1cnc[nH]1)C(=O)NCC(=O)O. The standard InChI is InChI=1S/C19H32N6O5S/c1-4-11(2)16(20)19(30)24-13(5-6-31-3)18(29)25-14(7-12-8-21-10-23-12)17(28)22-9-15(26)27/h8,10-11,13-14,16H,4-7,9,20H2,1-3H3,(H,21,23)(H,22,28)(H,24,30)(H,25,29)(H,26,27). The molecule has 12 heteroatoms. The zero-order valence-electron chi connectivity index (χ0n) is 18.0. The minimum Gasteiger partial charge on any atom is -0.480 e. The van der Waals surface area contributed by atoms with Crippen molar-refractivity contribution in [1.82, 2.24) is 25.9 Å². The van der Waals surface area contributed by atoms with E-state index in [1.807, 2.05) is 20.1 Å². The zero-order chi connectivity index (χ0) is 23.4. The Hall–Kier alpha value is -2.60. The summed E-state index contributed by atoms with van der Waals surface area (Å²) in [6.07, 6.45) is 5.95. The number of carbonyl (C=O) groups is 4. The molecule has 1 aromatic rings. The number of aliphatic carboxylic acids is 1. The first-order chi connectivity index (χ1) is 14.7. The van der Waals surface area contributed by atoms with Crippen molar-refractivity contribution in [3.8, 4) is 0 Å². The maximum atomic E-state index is 12.9. The lowest BCUT2D eigenvalue weighted by Crippen LogP contribution is -2.57. The molecule has 1 aromatic heterocycles. The number of H-pyrrole nitrogens is 1. The molecule has 0 aliphatic carbocycles. The summed E-state index contributed by atoms with van der Waals surface area (Å²) in [5, 5.41) is 16.4. The second-order valence-electron chi connectivity index (χ2n) is 7.21. The monoisotopic (exact) mass is 456 g/mol. The molecule has 0 bridgehead atoms. The molecule has 0 fully saturated rings. The van der Waals surface area contributed by atoms with Crippen LogP contribution in [0.1, 0.15) is 32.4 Å². The van der Waals surface area contributed by atoms with E-state index >= 15 is 0 Å². The second kappa shape index (κ2) is 13.7. The van der Waals surface area contributed by atoms with Crippen LogP contribution in [-0.2, 0) is 25.6 Å². The summed E-state index contributed by atoms with van der Waals surface area (Å²) in [6.45, 7) is 3.20. The summed E-state index contributed by atoms with van der Waals surface area (Å²) in [6, 6.07) is -2.69.